The van der Waals surface area contributed by atoms with Gasteiger partial charge in [0.05, 0.1) is 29.8 Å². The fourth-order valence-corrected chi connectivity index (χ4v) is 4.54. The zero-order valence-electron chi connectivity index (χ0n) is 21.6. The standard InChI is InChI=1S/C28H34ClFN2O5/c1-17(2)24(16-33)32-15-21(28(35)36)27(34)20-13-19(12-18-8-7-9-22(29)26(18)30)25(14-23(20)32)37-11-6-5-10-31(3)4/h7-9,13-15,17,24,33H,5-6,10-12,16H2,1-4H3,(H,35,36)/t24-/m1/s1. The first-order valence-corrected chi connectivity index (χ1v) is 12.7. The average Bonchev–Trinajstić information content (AvgIpc) is 2.83. The number of carboxylic acids is 1. The molecule has 0 spiro atoms. The monoisotopic (exact) mass is 532 g/mol. The van der Waals surface area contributed by atoms with E-state index in [4.69, 9.17) is 16.3 Å². The molecule has 0 aliphatic rings. The molecule has 7 nitrogen and oxygen atoms in total. The van der Waals surface area contributed by atoms with Gasteiger partial charge in [-0.3, -0.25) is 4.79 Å². The molecule has 0 saturated heterocycles. The van der Waals surface area contributed by atoms with Gasteiger partial charge in [0.15, 0.2) is 0 Å². The van der Waals surface area contributed by atoms with Gasteiger partial charge in [0.2, 0.25) is 5.43 Å². The summed E-state index contributed by atoms with van der Waals surface area (Å²) in [4.78, 5) is 27.2. The fourth-order valence-electron chi connectivity index (χ4n) is 4.34. The lowest BCUT2D eigenvalue weighted by molar-refractivity contribution is 0.0694. The quantitative estimate of drug-likeness (QED) is 0.319. The molecule has 0 bridgehead atoms. The third-order valence-corrected chi connectivity index (χ3v) is 6.72. The molecule has 1 heterocycles. The van der Waals surface area contributed by atoms with E-state index in [1.807, 2.05) is 27.9 Å². The van der Waals surface area contributed by atoms with Crippen LogP contribution in [0.4, 0.5) is 4.39 Å². The van der Waals surface area contributed by atoms with E-state index in [9.17, 15) is 24.2 Å². The van der Waals surface area contributed by atoms with Crippen LogP contribution >= 0.6 is 11.6 Å². The minimum Gasteiger partial charge on any atom is -0.493 e. The van der Waals surface area contributed by atoms with Gasteiger partial charge < -0.3 is 24.4 Å². The van der Waals surface area contributed by atoms with Crippen molar-refractivity contribution in [2.24, 2.45) is 5.92 Å². The van der Waals surface area contributed by atoms with E-state index in [2.05, 4.69) is 4.90 Å². The summed E-state index contributed by atoms with van der Waals surface area (Å²) in [6, 6.07) is 7.51. The molecule has 0 aliphatic carbocycles. The Labute approximate surface area is 221 Å². The highest BCUT2D eigenvalue weighted by Gasteiger charge is 2.23. The number of ether oxygens (including phenoxy) is 1. The number of pyridine rings is 1. The van der Waals surface area contributed by atoms with Crippen molar-refractivity contribution in [1.29, 1.82) is 0 Å². The van der Waals surface area contributed by atoms with Crippen LogP contribution < -0.4 is 10.2 Å². The SMILES string of the molecule is CC(C)[C@@H](CO)n1cc(C(=O)O)c(=O)c2cc(Cc3cccc(Cl)c3F)c(OCCCCN(C)C)cc21. The number of halogens is 2. The number of hydrogen-bond acceptors (Lipinski definition) is 5. The van der Waals surface area contributed by atoms with E-state index in [-0.39, 0.29) is 29.4 Å². The number of unbranched alkanes of at least 4 members (excludes halogenated alkanes) is 1. The summed E-state index contributed by atoms with van der Waals surface area (Å²) >= 11 is 5.99. The first-order chi connectivity index (χ1) is 17.5. The number of benzene rings is 2. The number of nitrogens with zero attached hydrogens (tertiary/aromatic N) is 2. The molecule has 0 radical (unpaired) electrons. The third kappa shape index (κ3) is 6.69. The summed E-state index contributed by atoms with van der Waals surface area (Å²) < 4.78 is 22.5. The number of aromatic carboxylic acids is 1. The average molecular weight is 533 g/mol. The summed E-state index contributed by atoms with van der Waals surface area (Å²) in [6.07, 6.45) is 3.09. The van der Waals surface area contributed by atoms with Gasteiger partial charge in [-0.2, -0.15) is 0 Å². The minimum atomic E-state index is -1.36. The molecule has 3 rings (SSSR count). The number of aliphatic hydroxyl groups is 1. The largest absolute Gasteiger partial charge is 0.493 e. The number of fused-ring (bicyclic) bond motifs is 1. The second kappa shape index (κ2) is 12.5. The lowest BCUT2D eigenvalue weighted by atomic mass is 9.98. The number of aliphatic hydroxyl groups excluding tert-OH is 1. The molecule has 1 atom stereocenters. The van der Waals surface area contributed by atoms with E-state index in [1.54, 1.807) is 28.8 Å². The maximum absolute atomic E-state index is 14.8. The predicted octanol–water partition coefficient (Wildman–Crippen LogP) is 4.99. The summed E-state index contributed by atoms with van der Waals surface area (Å²) in [5.41, 5.74) is 0.266. The number of carboxylic acid groups (broad SMARTS) is 1. The van der Waals surface area contributed by atoms with Crippen molar-refractivity contribution < 1.29 is 24.1 Å². The summed E-state index contributed by atoms with van der Waals surface area (Å²) in [5.74, 6) is -1.50. The molecule has 0 aliphatic heterocycles. The molecular weight excluding hydrogens is 499 g/mol. The molecule has 200 valence electrons. The molecule has 37 heavy (non-hydrogen) atoms. The van der Waals surface area contributed by atoms with Crippen molar-refractivity contribution in [3.05, 3.63) is 74.3 Å². The van der Waals surface area contributed by atoms with E-state index < -0.39 is 28.8 Å². The van der Waals surface area contributed by atoms with Crippen molar-refractivity contribution in [3.8, 4) is 5.75 Å². The van der Waals surface area contributed by atoms with Crippen molar-refractivity contribution in [3.63, 3.8) is 0 Å². The maximum atomic E-state index is 14.8. The Bertz CT molecular complexity index is 1320. The van der Waals surface area contributed by atoms with E-state index in [1.165, 1.54) is 12.3 Å². The van der Waals surface area contributed by atoms with Gasteiger partial charge in [-0.05, 0) is 62.7 Å². The molecule has 0 unspecified atom stereocenters. The van der Waals surface area contributed by atoms with Crippen LogP contribution in [0.3, 0.4) is 0 Å². The maximum Gasteiger partial charge on any atom is 0.341 e. The second-order valence-electron chi connectivity index (χ2n) is 9.80. The Balaban J connectivity index is 2.20. The fraction of sp³-hybridized carbons (Fsp3) is 0.429. The van der Waals surface area contributed by atoms with Crippen LogP contribution in [0.2, 0.25) is 5.02 Å². The van der Waals surface area contributed by atoms with Gasteiger partial charge in [-0.25, -0.2) is 9.18 Å². The van der Waals surface area contributed by atoms with Crippen molar-refractivity contribution in [2.75, 3.05) is 33.9 Å². The van der Waals surface area contributed by atoms with Crippen LogP contribution in [0, 0.1) is 11.7 Å². The minimum absolute atomic E-state index is 0.0114. The molecular formula is C28H34ClFN2O5. The highest BCUT2D eigenvalue weighted by Crippen LogP contribution is 2.32. The van der Waals surface area contributed by atoms with Crippen LogP contribution in [-0.2, 0) is 6.42 Å². The smallest absolute Gasteiger partial charge is 0.341 e. The molecule has 3 aromatic rings. The van der Waals surface area contributed by atoms with E-state index in [0.717, 1.165) is 19.4 Å². The van der Waals surface area contributed by atoms with Gasteiger partial charge in [0, 0.05) is 24.1 Å². The molecule has 0 fully saturated rings. The van der Waals surface area contributed by atoms with E-state index >= 15 is 0 Å². The van der Waals surface area contributed by atoms with E-state index in [0.29, 0.717) is 29.0 Å². The Morgan fingerprint density at radius 3 is 2.54 bits per heavy atom. The zero-order valence-corrected chi connectivity index (χ0v) is 22.4. The van der Waals surface area contributed by atoms with Gasteiger partial charge in [0.25, 0.3) is 0 Å². The molecule has 0 amide bonds. The molecule has 0 saturated carbocycles. The highest BCUT2D eigenvalue weighted by molar-refractivity contribution is 6.30. The number of carbonyl (C=O) groups is 1. The van der Waals surface area contributed by atoms with Crippen LogP contribution in [0.5, 0.6) is 5.75 Å². The summed E-state index contributed by atoms with van der Waals surface area (Å²) in [5, 5.41) is 20.0. The lowest BCUT2D eigenvalue weighted by Crippen LogP contribution is -2.25. The molecule has 9 heteroatoms. The first-order valence-electron chi connectivity index (χ1n) is 12.3. The Kier molecular flexibility index (Phi) is 9.70. The molecule has 2 N–H and O–H groups in total. The van der Waals surface area contributed by atoms with Crippen molar-refractivity contribution >= 4 is 28.5 Å². The molecule has 1 aromatic heterocycles. The number of hydrogen-bond donors (Lipinski definition) is 2. The number of rotatable bonds is 12. The number of aromatic nitrogens is 1. The lowest BCUT2D eigenvalue weighted by Gasteiger charge is -2.25. The highest BCUT2D eigenvalue weighted by atomic mass is 35.5. The van der Waals surface area contributed by atoms with Gasteiger partial charge in [-0.1, -0.05) is 37.6 Å². The summed E-state index contributed by atoms with van der Waals surface area (Å²) in [7, 11) is 4.00. The predicted molar refractivity (Wildman–Crippen MR) is 144 cm³/mol. The zero-order chi connectivity index (χ0) is 27.3. The van der Waals surface area contributed by atoms with Crippen LogP contribution in [0.1, 0.15) is 54.2 Å². The van der Waals surface area contributed by atoms with Gasteiger partial charge in [0.1, 0.15) is 17.1 Å². The topological polar surface area (TPSA) is 92.0 Å². The Morgan fingerprint density at radius 1 is 1.19 bits per heavy atom. The molecule has 2 aromatic carbocycles. The Morgan fingerprint density at radius 2 is 1.92 bits per heavy atom. The van der Waals surface area contributed by atoms with Gasteiger partial charge >= 0.3 is 5.97 Å². The third-order valence-electron chi connectivity index (χ3n) is 6.43. The second-order valence-corrected chi connectivity index (χ2v) is 10.2. The summed E-state index contributed by atoms with van der Waals surface area (Å²) in [6.45, 7) is 4.89. The van der Waals surface area contributed by atoms with Crippen molar-refractivity contribution in [1.82, 2.24) is 9.47 Å². The van der Waals surface area contributed by atoms with Crippen LogP contribution in [-0.4, -0.2) is 59.5 Å². The van der Waals surface area contributed by atoms with Crippen LogP contribution in [0.15, 0.2) is 41.3 Å². The van der Waals surface area contributed by atoms with Crippen molar-refractivity contribution in [2.45, 2.75) is 39.2 Å². The van der Waals surface area contributed by atoms with Gasteiger partial charge in [-0.15, -0.1) is 0 Å². The first kappa shape index (κ1) is 28.6. The van der Waals surface area contributed by atoms with Crippen LogP contribution in [0.25, 0.3) is 10.9 Å². The normalized spacial score (nSPS) is 12.5. The Hall–Kier alpha value is -2.94.